The Balaban J connectivity index is 1.64. The van der Waals surface area contributed by atoms with Gasteiger partial charge in [-0.1, -0.05) is 17.2 Å². The number of aryl methyl sites for hydroxylation is 2. The number of carbonyl (C=O) groups excluding carboxylic acids is 1. The molecule has 0 radical (unpaired) electrons. The van der Waals surface area contributed by atoms with Gasteiger partial charge in [-0.05, 0) is 38.3 Å². The summed E-state index contributed by atoms with van der Waals surface area (Å²) in [6.45, 7) is 4.07. The average molecular weight is 347 g/mol. The second-order valence-electron chi connectivity index (χ2n) is 6.56. The molecule has 1 aliphatic heterocycles. The monoisotopic (exact) mass is 347 g/mol. The predicted molar refractivity (Wildman–Crippen MR) is 93.5 cm³/mol. The minimum absolute atomic E-state index is 0.0900. The van der Waals surface area contributed by atoms with Crippen LogP contribution in [0.25, 0.3) is 11.3 Å². The van der Waals surface area contributed by atoms with Crippen molar-refractivity contribution in [1.29, 1.82) is 0 Å². The van der Waals surface area contributed by atoms with Crippen LogP contribution in [0.1, 0.15) is 24.0 Å². The first-order valence-electron chi connectivity index (χ1n) is 7.95. The minimum atomic E-state index is -2.96. The SMILES string of the molecule is Cc1cc(C)cc(-c2cc(NC(=O)C[C@@H]3CCS(=O)(=O)C3)n[nH]2)c1. The maximum absolute atomic E-state index is 12.1. The van der Waals surface area contributed by atoms with Gasteiger partial charge in [0.15, 0.2) is 15.7 Å². The molecule has 0 aliphatic carbocycles. The van der Waals surface area contributed by atoms with E-state index in [1.807, 2.05) is 13.8 Å². The smallest absolute Gasteiger partial charge is 0.225 e. The molecule has 0 unspecified atom stereocenters. The summed E-state index contributed by atoms with van der Waals surface area (Å²) in [6.07, 6.45) is 0.773. The molecule has 1 saturated heterocycles. The third-order valence-electron chi connectivity index (χ3n) is 4.18. The van der Waals surface area contributed by atoms with Crippen molar-refractivity contribution in [3.63, 3.8) is 0 Å². The van der Waals surface area contributed by atoms with Crippen molar-refractivity contribution in [2.45, 2.75) is 26.7 Å². The van der Waals surface area contributed by atoms with Gasteiger partial charge in [0, 0.05) is 18.1 Å². The lowest BCUT2D eigenvalue weighted by molar-refractivity contribution is -0.116. The summed E-state index contributed by atoms with van der Waals surface area (Å²) in [4.78, 5) is 12.1. The molecule has 0 saturated carbocycles. The van der Waals surface area contributed by atoms with E-state index < -0.39 is 9.84 Å². The number of hydrogen-bond acceptors (Lipinski definition) is 4. The highest BCUT2D eigenvalue weighted by Crippen LogP contribution is 2.24. The van der Waals surface area contributed by atoms with Crippen molar-refractivity contribution in [2.75, 3.05) is 16.8 Å². The van der Waals surface area contributed by atoms with Crippen molar-refractivity contribution in [1.82, 2.24) is 10.2 Å². The third kappa shape index (κ3) is 4.03. The molecule has 0 bridgehead atoms. The first kappa shape index (κ1) is 16.7. The first-order chi connectivity index (χ1) is 11.3. The highest BCUT2D eigenvalue weighted by molar-refractivity contribution is 7.91. The van der Waals surface area contributed by atoms with Crippen LogP contribution in [-0.2, 0) is 14.6 Å². The number of sulfone groups is 1. The Morgan fingerprint density at radius 1 is 1.25 bits per heavy atom. The van der Waals surface area contributed by atoms with Crippen LogP contribution in [0.3, 0.4) is 0 Å². The molecule has 1 amide bonds. The molecule has 1 fully saturated rings. The van der Waals surface area contributed by atoms with E-state index >= 15 is 0 Å². The number of H-pyrrole nitrogens is 1. The number of rotatable bonds is 4. The first-order valence-corrected chi connectivity index (χ1v) is 9.77. The van der Waals surface area contributed by atoms with Crippen molar-refractivity contribution in [2.24, 2.45) is 5.92 Å². The van der Waals surface area contributed by atoms with E-state index in [4.69, 9.17) is 0 Å². The van der Waals surface area contributed by atoms with Gasteiger partial charge in [0.2, 0.25) is 5.91 Å². The zero-order valence-corrected chi connectivity index (χ0v) is 14.6. The molecule has 3 rings (SSSR count). The Morgan fingerprint density at radius 3 is 2.58 bits per heavy atom. The van der Waals surface area contributed by atoms with Gasteiger partial charge in [0.1, 0.15) is 0 Å². The second kappa shape index (κ2) is 6.39. The number of benzene rings is 1. The summed E-state index contributed by atoms with van der Waals surface area (Å²) in [5, 5.41) is 9.79. The number of hydrogen-bond donors (Lipinski definition) is 2. The Hall–Kier alpha value is -2.15. The molecule has 2 heterocycles. The Morgan fingerprint density at radius 2 is 1.96 bits per heavy atom. The van der Waals surface area contributed by atoms with E-state index in [0.29, 0.717) is 12.2 Å². The van der Waals surface area contributed by atoms with E-state index in [-0.39, 0.29) is 29.8 Å². The van der Waals surface area contributed by atoms with Gasteiger partial charge < -0.3 is 5.32 Å². The van der Waals surface area contributed by atoms with Crippen LogP contribution < -0.4 is 5.32 Å². The number of aromatic nitrogens is 2. The fraction of sp³-hybridized carbons (Fsp3) is 0.412. The molecule has 1 aromatic carbocycles. The third-order valence-corrected chi connectivity index (χ3v) is 6.02. The molecule has 1 aromatic heterocycles. The second-order valence-corrected chi connectivity index (χ2v) is 8.79. The number of anilines is 1. The highest BCUT2D eigenvalue weighted by Gasteiger charge is 2.29. The summed E-state index contributed by atoms with van der Waals surface area (Å²) in [5.74, 6) is 0.456. The molecule has 6 nitrogen and oxygen atoms in total. The predicted octanol–water partition coefficient (Wildman–Crippen LogP) is 2.46. The van der Waals surface area contributed by atoms with Crippen molar-refractivity contribution < 1.29 is 13.2 Å². The van der Waals surface area contributed by atoms with Crippen LogP contribution in [-0.4, -0.2) is 36.0 Å². The van der Waals surface area contributed by atoms with E-state index in [1.54, 1.807) is 6.07 Å². The van der Waals surface area contributed by atoms with Gasteiger partial charge in [-0.2, -0.15) is 5.10 Å². The molecule has 24 heavy (non-hydrogen) atoms. The van der Waals surface area contributed by atoms with Crippen LogP contribution in [0.4, 0.5) is 5.82 Å². The number of carbonyl (C=O) groups is 1. The number of nitrogens with zero attached hydrogens (tertiary/aromatic N) is 1. The molecular formula is C17H21N3O3S. The lowest BCUT2D eigenvalue weighted by Crippen LogP contribution is -2.17. The quantitative estimate of drug-likeness (QED) is 0.888. The summed E-state index contributed by atoms with van der Waals surface area (Å²) < 4.78 is 22.9. The standard InChI is InChI=1S/C17H21N3O3S/c1-11-5-12(2)7-14(6-11)15-9-16(20-19-15)18-17(21)8-13-3-4-24(22,23)10-13/h5-7,9,13H,3-4,8,10H2,1-2H3,(H2,18,19,20,21)/t13-/m0/s1. The average Bonchev–Trinajstić information content (AvgIpc) is 3.04. The Kier molecular flexibility index (Phi) is 4.45. The van der Waals surface area contributed by atoms with Crippen LogP contribution in [0.5, 0.6) is 0 Å². The topological polar surface area (TPSA) is 91.9 Å². The van der Waals surface area contributed by atoms with E-state index in [1.165, 1.54) is 0 Å². The lowest BCUT2D eigenvalue weighted by Gasteiger charge is -2.06. The van der Waals surface area contributed by atoms with Gasteiger partial charge in [0.05, 0.1) is 17.2 Å². The van der Waals surface area contributed by atoms with E-state index in [9.17, 15) is 13.2 Å². The molecule has 7 heteroatoms. The summed E-state index contributed by atoms with van der Waals surface area (Å²) in [6, 6.07) is 7.99. The highest BCUT2D eigenvalue weighted by atomic mass is 32.2. The zero-order chi connectivity index (χ0) is 17.3. The lowest BCUT2D eigenvalue weighted by atomic mass is 10.0. The summed E-state index contributed by atoms with van der Waals surface area (Å²) in [7, 11) is -2.96. The summed E-state index contributed by atoms with van der Waals surface area (Å²) >= 11 is 0. The van der Waals surface area contributed by atoms with Gasteiger partial charge >= 0.3 is 0 Å². The van der Waals surface area contributed by atoms with Crippen LogP contribution in [0.15, 0.2) is 24.3 Å². The number of nitrogens with one attached hydrogen (secondary N) is 2. The van der Waals surface area contributed by atoms with Gasteiger partial charge in [-0.3, -0.25) is 9.89 Å². The number of aromatic amines is 1. The van der Waals surface area contributed by atoms with Crippen molar-refractivity contribution in [3.05, 3.63) is 35.4 Å². The van der Waals surface area contributed by atoms with Gasteiger partial charge in [0.25, 0.3) is 0 Å². The molecule has 2 N–H and O–H groups in total. The molecule has 1 atom stereocenters. The zero-order valence-electron chi connectivity index (χ0n) is 13.8. The van der Waals surface area contributed by atoms with Crippen LogP contribution in [0.2, 0.25) is 0 Å². The van der Waals surface area contributed by atoms with Gasteiger partial charge in [-0.25, -0.2) is 8.42 Å². The van der Waals surface area contributed by atoms with Crippen molar-refractivity contribution in [3.8, 4) is 11.3 Å². The Bertz CT molecular complexity index is 851. The fourth-order valence-electron chi connectivity index (χ4n) is 3.15. The molecule has 128 valence electrons. The molecule has 2 aromatic rings. The largest absolute Gasteiger partial charge is 0.309 e. The maximum atomic E-state index is 12.1. The van der Waals surface area contributed by atoms with E-state index in [2.05, 4.69) is 33.7 Å². The van der Waals surface area contributed by atoms with Crippen LogP contribution in [0, 0.1) is 19.8 Å². The Labute approximate surface area is 141 Å². The normalized spacial score (nSPS) is 19.3. The van der Waals surface area contributed by atoms with E-state index in [0.717, 1.165) is 22.4 Å². The summed E-state index contributed by atoms with van der Waals surface area (Å²) in [5.41, 5.74) is 4.17. The fourth-order valence-corrected chi connectivity index (χ4v) is 5.01. The minimum Gasteiger partial charge on any atom is -0.309 e. The van der Waals surface area contributed by atoms with Crippen LogP contribution >= 0.6 is 0 Å². The number of amides is 1. The maximum Gasteiger partial charge on any atom is 0.225 e. The molecular weight excluding hydrogens is 326 g/mol. The van der Waals surface area contributed by atoms with Crippen molar-refractivity contribution >= 4 is 21.6 Å². The van der Waals surface area contributed by atoms with Gasteiger partial charge in [-0.15, -0.1) is 0 Å². The molecule has 0 spiro atoms. The molecule has 1 aliphatic rings.